The molecule has 8 heteroatoms. The fraction of sp³-hybridized carbons (Fsp3) is 0.474. The molecule has 1 saturated heterocycles. The number of aliphatic carboxylic acids is 1. The van der Waals surface area contributed by atoms with Gasteiger partial charge in [-0.2, -0.15) is 5.10 Å². The topological polar surface area (TPSA) is 102 Å². The summed E-state index contributed by atoms with van der Waals surface area (Å²) in [5, 5.41) is 14.4. The first-order chi connectivity index (χ1) is 12.6. The van der Waals surface area contributed by atoms with Gasteiger partial charge in [-0.05, 0) is 26.8 Å². The van der Waals surface area contributed by atoms with Gasteiger partial charge in [0.1, 0.15) is 5.60 Å². The molecule has 3 rings (SSSR count). The molecule has 144 valence electrons. The third-order valence-corrected chi connectivity index (χ3v) is 4.30. The molecule has 1 N–H and O–H groups in total. The number of ether oxygens (including phenoxy) is 1. The molecule has 2 aromatic rings. The minimum Gasteiger partial charge on any atom is -0.481 e. The van der Waals surface area contributed by atoms with Gasteiger partial charge in [0.05, 0.1) is 24.0 Å². The van der Waals surface area contributed by atoms with E-state index in [9.17, 15) is 14.4 Å². The number of benzene rings is 1. The lowest BCUT2D eigenvalue weighted by Crippen LogP contribution is -2.53. The molecule has 1 aliphatic heterocycles. The molecule has 27 heavy (non-hydrogen) atoms. The number of hydrogen-bond acceptors (Lipinski definition) is 5. The van der Waals surface area contributed by atoms with Crippen LogP contribution in [0.5, 0.6) is 0 Å². The molecule has 0 bridgehead atoms. The number of carboxylic acid groups (broad SMARTS) is 1. The number of amides is 1. The Labute approximate surface area is 156 Å². The van der Waals surface area contributed by atoms with E-state index in [1.54, 1.807) is 29.2 Å². The van der Waals surface area contributed by atoms with E-state index < -0.39 is 11.6 Å². The van der Waals surface area contributed by atoms with Crippen molar-refractivity contribution in [2.24, 2.45) is 5.92 Å². The Morgan fingerprint density at radius 3 is 2.44 bits per heavy atom. The van der Waals surface area contributed by atoms with Crippen LogP contribution in [-0.2, 0) is 22.5 Å². The van der Waals surface area contributed by atoms with Crippen LogP contribution in [0.3, 0.4) is 0 Å². The van der Waals surface area contributed by atoms with Gasteiger partial charge in [0.2, 0.25) is 0 Å². The highest BCUT2D eigenvalue weighted by Crippen LogP contribution is 2.21. The van der Waals surface area contributed by atoms with E-state index in [0.717, 1.165) is 0 Å². The SMILES string of the molecule is CC(C)(C)OC(=O)N1CC(Cn2nc(CC(=O)O)c3ccccc3c2=O)C1. The summed E-state index contributed by atoms with van der Waals surface area (Å²) in [6.45, 7) is 6.71. The van der Waals surface area contributed by atoms with Crippen LogP contribution < -0.4 is 5.56 Å². The summed E-state index contributed by atoms with van der Waals surface area (Å²) in [5.41, 5.74) is -0.443. The molecule has 1 fully saturated rings. The van der Waals surface area contributed by atoms with E-state index in [0.29, 0.717) is 36.1 Å². The van der Waals surface area contributed by atoms with Crippen molar-refractivity contribution < 1.29 is 19.4 Å². The van der Waals surface area contributed by atoms with Crippen LogP contribution in [0.15, 0.2) is 29.1 Å². The van der Waals surface area contributed by atoms with Gasteiger partial charge in [-0.15, -0.1) is 0 Å². The van der Waals surface area contributed by atoms with E-state index in [2.05, 4.69) is 5.10 Å². The molecular weight excluding hydrogens is 350 g/mol. The number of carbonyl (C=O) groups is 2. The largest absolute Gasteiger partial charge is 0.481 e. The zero-order valence-electron chi connectivity index (χ0n) is 15.6. The number of fused-ring (bicyclic) bond motifs is 1. The van der Waals surface area contributed by atoms with Crippen LogP contribution >= 0.6 is 0 Å². The normalized spacial score (nSPS) is 14.9. The molecule has 0 unspecified atom stereocenters. The Morgan fingerprint density at radius 1 is 1.22 bits per heavy atom. The summed E-state index contributed by atoms with van der Waals surface area (Å²) in [5.74, 6) is -0.931. The first-order valence-electron chi connectivity index (χ1n) is 8.82. The van der Waals surface area contributed by atoms with Crippen LogP contribution in [-0.4, -0.2) is 50.5 Å². The highest BCUT2D eigenvalue weighted by molar-refractivity contribution is 5.86. The predicted octanol–water partition coefficient (Wildman–Crippen LogP) is 1.89. The second kappa shape index (κ2) is 7.02. The molecule has 0 radical (unpaired) electrons. The minimum atomic E-state index is -1.00. The van der Waals surface area contributed by atoms with E-state index in [-0.39, 0.29) is 24.0 Å². The Kier molecular flexibility index (Phi) is 4.91. The molecule has 8 nitrogen and oxygen atoms in total. The molecule has 0 saturated carbocycles. The van der Waals surface area contributed by atoms with E-state index in [4.69, 9.17) is 9.84 Å². The van der Waals surface area contributed by atoms with Crippen molar-refractivity contribution in [3.8, 4) is 0 Å². The van der Waals surface area contributed by atoms with Gasteiger partial charge in [0.15, 0.2) is 0 Å². The first-order valence-corrected chi connectivity index (χ1v) is 8.82. The smallest absolute Gasteiger partial charge is 0.410 e. The second-order valence-electron chi connectivity index (χ2n) is 7.80. The van der Waals surface area contributed by atoms with E-state index in [1.165, 1.54) is 4.68 Å². The number of rotatable bonds is 4. The molecule has 1 aliphatic rings. The van der Waals surface area contributed by atoms with Gasteiger partial charge >= 0.3 is 12.1 Å². The summed E-state index contributed by atoms with van der Waals surface area (Å²) in [4.78, 5) is 37.4. The number of carboxylic acids is 1. The Bertz CT molecular complexity index is 938. The lowest BCUT2D eigenvalue weighted by Gasteiger charge is -2.39. The predicted molar refractivity (Wildman–Crippen MR) is 98.6 cm³/mol. The molecule has 0 spiro atoms. The average molecular weight is 373 g/mol. The van der Waals surface area contributed by atoms with Crippen LogP contribution in [0.2, 0.25) is 0 Å². The molecule has 1 amide bonds. The van der Waals surface area contributed by atoms with Crippen LogP contribution in [0, 0.1) is 5.92 Å². The highest BCUT2D eigenvalue weighted by Gasteiger charge is 2.34. The number of carbonyl (C=O) groups excluding carboxylic acids is 1. The van der Waals surface area contributed by atoms with E-state index in [1.807, 2.05) is 20.8 Å². The molecule has 0 aliphatic carbocycles. The summed E-state index contributed by atoms with van der Waals surface area (Å²) < 4.78 is 6.64. The van der Waals surface area contributed by atoms with Crippen LogP contribution in [0.25, 0.3) is 10.8 Å². The number of hydrogen-bond donors (Lipinski definition) is 1. The van der Waals surface area contributed by atoms with Crippen molar-refractivity contribution in [2.45, 2.75) is 39.3 Å². The maximum atomic E-state index is 12.7. The van der Waals surface area contributed by atoms with Crippen molar-refractivity contribution in [2.75, 3.05) is 13.1 Å². The molecular formula is C19H23N3O5. The minimum absolute atomic E-state index is 0.0709. The van der Waals surface area contributed by atoms with Crippen molar-refractivity contribution in [3.05, 3.63) is 40.3 Å². The van der Waals surface area contributed by atoms with Gasteiger partial charge in [0.25, 0.3) is 5.56 Å². The zero-order valence-corrected chi connectivity index (χ0v) is 15.6. The van der Waals surface area contributed by atoms with Crippen LogP contribution in [0.1, 0.15) is 26.5 Å². The van der Waals surface area contributed by atoms with Crippen molar-refractivity contribution in [1.29, 1.82) is 0 Å². The number of nitrogens with zero attached hydrogens (tertiary/aromatic N) is 3. The average Bonchev–Trinajstić information content (AvgIpc) is 2.52. The fourth-order valence-corrected chi connectivity index (χ4v) is 3.11. The van der Waals surface area contributed by atoms with Gasteiger partial charge in [0, 0.05) is 24.4 Å². The third-order valence-electron chi connectivity index (χ3n) is 4.30. The van der Waals surface area contributed by atoms with E-state index >= 15 is 0 Å². The Morgan fingerprint density at radius 2 is 1.85 bits per heavy atom. The highest BCUT2D eigenvalue weighted by atomic mass is 16.6. The van der Waals surface area contributed by atoms with Gasteiger partial charge in [-0.3, -0.25) is 9.59 Å². The first kappa shape index (κ1) is 18.9. The Balaban J connectivity index is 1.77. The fourth-order valence-electron chi connectivity index (χ4n) is 3.11. The second-order valence-corrected chi connectivity index (χ2v) is 7.80. The summed E-state index contributed by atoms with van der Waals surface area (Å²) in [6.07, 6.45) is -0.626. The van der Waals surface area contributed by atoms with Gasteiger partial charge in [-0.1, -0.05) is 18.2 Å². The third kappa shape index (κ3) is 4.27. The molecule has 1 aromatic heterocycles. The number of aromatic nitrogens is 2. The summed E-state index contributed by atoms with van der Waals surface area (Å²) in [7, 11) is 0. The van der Waals surface area contributed by atoms with Gasteiger partial charge < -0.3 is 14.7 Å². The van der Waals surface area contributed by atoms with Crippen molar-refractivity contribution >= 4 is 22.8 Å². The monoisotopic (exact) mass is 373 g/mol. The molecule has 2 heterocycles. The molecule has 0 atom stereocenters. The zero-order chi connectivity index (χ0) is 19.8. The maximum absolute atomic E-state index is 12.7. The van der Waals surface area contributed by atoms with Crippen molar-refractivity contribution in [3.63, 3.8) is 0 Å². The lowest BCUT2D eigenvalue weighted by molar-refractivity contribution is -0.136. The lowest BCUT2D eigenvalue weighted by atomic mass is 10.0. The quantitative estimate of drug-likeness (QED) is 0.878. The summed E-state index contributed by atoms with van der Waals surface area (Å²) in [6, 6.07) is 6.88. The van der Waals surface area contributed by atoms with Crippen molar-refractivity contribution in [1.82, 2.24) is 14.7 Å². The molecule has 1 aromatic carbocycles. The summed E-state index contributed by atoms with van der Waals surface area (Å²) >= 11 is 0. The number of likely N-dealkylation sites (tertiary alicyclic amines) is 1. The van der Waals surface area contributed by atoms with Gasteiger partial charge in [-0.25, -0.2) is 9.48 Å². The standard InChI is InChI=1S/C19H23N3O5/c1-19(2,3)27-18(26)21-9-12(10-21)11-22-17(25)14-7-5-4-6-13(14)15(20-22)8-16(23)24/h4-7,12H,8-11H2,1-3H3,(H,23,24). The Hall–Kier alpha value is -2.90. The van der Waals surface area contributed by atoms with Crippen LogP contribution in [0.4, 0.5) is 4.79 Å². The maximum Gasteiger partial charge on any atom is 0.410 e.